The average molecular weight is 382 g/mol. The van der Waals surface area contributed by atoms with Gasteiger partial charge >= 0.3 is 0 Å². The lowest BCUT2D eigenvalue weighted by Gasteiger charge is -2.32. The molecule has 0 radical (unpaired) electrons. The molecule has 0 unspecified atom stereocenters. The topological polar surface area (TPSA) is 46.3 Å². The summed E-state index contributed by atoms with van der Waals surface area (Å²) in [5.74, 6) is -1.97. The summed E-state index contributed by atoms with van der Waals surface area (Å²) in [4.78, 5) is 10.4. The summed E-state index contributed by atoms with van der Waals surface area (Å²) in [5.41, 5.74) is -0.371. The van der Waals surface area contributed by atoms with Crippen LogP contribution in [0.4, 0.5) is 19.0 Å². The van der Waals surface area contributed by atoms with Gasteiger partial charge in [-0.15, -0.1) is 0 Å². The zero-order chi connectivity index (χ0) is 18.4. The van der Waals surface area contributed by atoms with E-state index in [0.717, 1.165) is 12.8 Å². The fourth-order valence-corrected chi connectivity index (χ4v) is 3.54. The molecule has 3 aromatic rings. The highest BCUT2D eigenvalue weighted by atomic mass is 35.5. The van der Waals surface area contributed by atoms with Gasteiger partial charge in [-0.2, -0.15) is 19.6 Å². The van der Waals surface area contributed by atoms with Crippen molar-refractivity contribution in [2.24, 2.45) is 5.92 Å². The van der Waals surface area contributed by atoms with Crippen molar-refractivity contribution in [1.29, 1.82) is 0 Å². The summed E-state index contributed by atoms with van der Waals surface area (Å²) in [6, 6.07) is 1.25. The molecule has 1 aromatic carbocycles. The number of nitrogens with zero attached hydrogens (tertiary/aromatic N) is 5. The van der Waals surface area contributed by atoms with Gasteiger partial charge in [-0.1, -0.05) is 18.5 Å². The Balaban J connectivity index is 1.98. The van der Waals surface area contributed by atoms with Crippen molar-refractivity contribution >= 4 is 23.2 Å². The molecule has 0 aliphatic carbocycles. The van der Waals surface area contributed by atoms with Crippen molar-refractivity contribution in [2.75, 3.05) is 18.0 Å². The molecule has 0 atom stereocenters. The quantitative estimate of drug-likeness (QED) is 0.627. The van der Waals surface area contributed by atoms with E-state index < -0.39 is 23.0 Å². The Morgan fingerprint density at radius 2 is 1.73 bits per heavy atom. The van der Waals surface area contributed by atoms with Crippen LogP contribution in [-0.4, -0.2) is 32.7 Å². The van der Waals surface area contributed by atoms with Crippen molar-refractivity contribution in [3.8, 4) is 11.1 Å². The van der Waals surface area contributed by atoms with E-state index >= 15 is 0 Å². The van der Waals surface area contributed by atoms with Gasteiger partial charge in [0.1, 0.15) is 34.7 Å². The lowest BCUT2D eigenvalue weighted by molar-refractivity contribution is 0.436. The van der Waals surface area contributed by atoms with Crippen molar-refractivity contribution in [3.05, 3.63) is 41.1 Å². The van der Waals surface area contributed by atoms with Gasteiger partial charge in [-0.3, -0.25) is 0 Å². The number of piperidine rings is 1. The molecule has 136 valence electrons. The smallest absolute Gasteiger partial charge is 0.255 e. The van der Waals surface area contributed by atoms with E-state index in [9.17, 15) is 13.2 Å². The molecule has 1 aliphatic heterocycles. The van der Waals surface area contributed by atoms with E-state index in [1.54, 1.807) is 0 Å². The minimum absolute atomic E-state index is 0.0227. The minimum atomic E-state index is -1.04. The first-order chi connectivity index (χ1) is 12.5. The predicted octanol–water partition coefficient (Wildman–Crippen LogP) is 4.10. The van der Waals surface area contributed by atoms with Gasteiger partial charge in [-0.25, -0.2) is 13.2 Å². The Bertz CT molecular complexity index is 959. The van der Waals surface area contributed by atoms with Gasteiger partial charge in [-0.05, 0) is 18.8 Å². The third-order valence-corrected chi connectivity index (χ3v) is 5.04. The van der Waals surface area contributed by atoms with Gasteiger partial charge in [0, 0.05) is 25.2 Å². The molecule has 0 bridgehead atoms. The van der Waals surface area contributed by atoms with Crippen molar-refractivity contribution < 1.29 is 13.2 Å². The fraction of sp³-hybridized carbons (Fsp3) is 0.353. The van der Waals surface area contributed by atoms with Gasteiger partial charge in [0.25, 0.3) is 5.78 Å². The molecule has 9 heteroatoms. The molecule has 0 amide bonds. The van der Waals surface area contributed by atoms with E-state index in [1.807, 2.05) is 4.90 Å². The summed E-state index contributed by atoms with van der Waals surface area (Å²) in [5, 5.41) is 3.93. The lowest BCUT2D eigenvalue weighted by Crippen LogP contribution is -2.34. The molecule has 0 saturated carbocycles. The van der Waals surface area contributed by atoms with Crippen LogP contribution in [0.5, 0.6) is 0 Å². The molecule has 1 fully saturated rings. The maximum atomic E-state index is 14.5. The summed E-state index contributed by atoms with van der Waals surface area (Å²) >= 11 is 6.42. The summed E-state index contributed by atoms with van der Waals surface area (Å²) in [6.07, 6.45) is 3.10. The summed E-state index contributed by atoms with van der Waals surface area (Å²) < 4.78 is 43.5. The van der Waals surface area contributed by atoms with Gasteiger partial charge in [0.05, 0.1) is 11.1 Å². The minimum Gasteiger partial charge on any atom is -0.356 e. The van der Waals surface area contributed by atoms with Crippen molar-refractivity contribution in [1.82, 2.24) is 19.6 Å². The first-order valence-corrected chi connectivity index (χ1v) is 8.62. The number of hydrogen-bond acceptors (Lipinski definition) is 4. The number of rotatable bonds is 2. The Kier molecular flexibility index (Phi) is 4.22. The number of fused-ring (bicyclic) bond motifs is 1. The van der Waals surface area contributed by atoms with Crippen LogP contribution in [0.2, 0.25) is 5.15 Å². The van der Waals surface area contributed by atoms with Crippen LogP contribution in [0, 0.1) is 23.4 Å². The van der Waals surface area contributed by atoms with E-state index in [1.165, 1.54) is 10.8 Å². The number of benzene rings is 1. The SMILES string of the molecule is CC1CCN(c2nc3ncnn3c(Cl)c2-c2c(F)cc(F)cc2F)CC1. The molecule has 0 N–H and O–H groups in total. The van der Waals surface area contributed by atoms with Gasteiger partial charge < -0.3 is 4.90 Å². The molecule has 2 aromatic heterocycles. The van der Waals surface area contributed by atoms with Crippen molar-refractivity contribution in [3.63, 3.8) is 0 Å². The van der Waals surface area contributed by atoms with E-state index in [2.05, 4.69) is 22.0 Å². The zero-order valence-electron chi connectivity index (χ0n) is 13.9. The zero-order valence-corrected chi connectivity index (χ0v) is 14.6. The Hall–Kier alpha value is -2.35. The Labute approximate surface area is 152 Å². The van der Waals surface area contributed by atoms with E-state index in [0.29, 0.717) is 37.0 Å². The number of anilines is 1. The number of halogens is 4. The predicted molar refractivity (Wildman–Crippen MR) is 91.7 cm³/mol. The molecular formula is C17H15ClF3N5. The molecule has 1 saturated heterocycles. The van der Waals surface area contributed by atoms with Crippen LogP contribution in [0.1, 0.15) is 19.8 Å². The molecule has 4 rings (SSSR count). The largest absolute Gasteiger partial charge is 0.356 e. The number of aromatic nitrogens is 4. The van der Waals surface area contributed by atoms with Crippen molar-refractivity contribution in [2.45, 2.75) is 19.8 Å². The third-order valence-electron chi connectivity index (χ3n) is 4.69. The maximum Gasteiger partial charge on any atom is 0.255 e. The van der Waals surface area contributed by atoms with Crippen LogP contribution in [0.3, 0.4) is 0 Å². The second-order valence-corrected chi connectivity index (χ2v) is 6.85. The average Bonchev–Trinajstić information content (AvgIpc) is 3.05. The molecule has 5 nitrogen and oxygen atoms in total. The highest BCUT2D eigenvalue weighted by Gasteiger charge is 2.28. The lowest BCUT2D eigenvalue weighted by atomic mass is 9.98. The second-order valence-electron chi connectivity index (χ2n) is 6.49. The molecule has 26 heavy (non-hydrogen) atoms. The normalized spacial score (nSPS) is 15.8. The molecular weight excluding hydrogens is 367 g/mol. The Morgan fingerprint density at radius 1 is 1.08 bits per heavy atom. The second kappa shape index (κ2) is 6.42. The van der Waals surface area contributed by atoms with Crippen LogP contribution in [0.25, 0.3) is 16.9 Å². The maximum absolute atomic E-state index is 14.5. The van der Waals surface area contributed by atoms with Gasteiger partial charge in [0.15, 0.2) is 0 Å². The van der Waals surface area contributed by atoms with Gasteiger partial charge in [0.2, 0.25) is 0 Å². The monoisotopic (exact) mass is 381 g/mol. The molecule has 3 heterocycles. The highest BCUT2D eigenvalue weighted by molar-refractivity contribution is 6.33. The highest BCUT2D eigenvalue weighted by Crippen LogP contribution is 2.40. The van der Waals surface area contributed by atoms with Crippen LogP contribution in [0.15, 0.2) is 18.5 Å². The fourth-order valence-electron chi connectivity index (χ4n) is 3.24. The van der Waals surface area contributed by atoms with Crippen LogP contribution >= 0.6 is 11.6 Å². The number of hydrogen-bond donors (Lipinski definition) is 0. The first kappa shape index (κ1) is 17.1. The van der Waals surface area contributed by atoms with E-state index in [-0.39, 0.29) is 16.5 Å². The summed E-state index contributed by atoms with van der Waals surface area (Å²) in [7, 11) is 0. The molecule has 1 aliphatic rings. The third kappa shape index (κ3) is 2.78. The van der Waals surface area contributed by atoms with Crippen LogP contribution < -0.4 is 4.90 Å². The van der Waals surface area contributed by atoms with Crippen LogP contribution in [-0.2, 0) is 0 Å². The first-order valence-electron chi connectivity index (χ1n) is 8.24. The summed E-state index contributed by atoms with van der Waals surface area (Å²) in [6.45, 7) is 3.50. The Morgan fingerprint density at radius 3 is 2.38 bits per heavy atom. The van der Waals surface area contributed by atoms with E-state index in [4.69, 9.17) is 11.6 Å². The molecule has 0 spiro atoms. The standard InChI is InChI=1S/C17H15ClF3N5/c1-9-2-4-25(5-3-9)16-14(13-11(20)6-10(19)7-12(13)21)15(18)26-17(24-16)22-8-23-26/h6-9H,2-5H2,1H3.